The van der Waals surface area contributed by atoms with E-state index in [1.165, 1.54) is 6.07 Å². The summed E-state index contributed by atoms with van der Waals surface area (Å²) in [7, 11) is 0. The Morgan fingerprint density at radius 3 is 2.31 bits per heavy atom. The molecule has 16 heavy (non-hydrogen) atoms. The Kier molecular flexibility index (Phi) is 4.40. The standard InChI is InChI=1S/C12H14F2O2/c1-3-8(12(15)16-4-2)11-9(13)6-5-7-10(11)14/h5-8H,3-4H2,1-2H3. The molecule has 0 N–H and O–H groups in total. The lowest BCUT2D eigenvalue weighted by Crippen LogP contribution is -2.17. The molecule has 0 amide bonds. The van der Waals surface area contributed by atoms with Gasteiger partial charge in [0.05, 0.1) is 12.5 Å². The summed E-state index contributed by atoms with van der Waals surface area (Å²) < 4.78 is 31.7. The number of hydrogen-bond acceptors (Lipinski definition) is 2. The second kappa shape index (κ2) is 5.58. The van der Waals surface area contributed by atoms with E-state index in [4.69, 9.17) is 4.74 Å². The van der Waals surface area contributed by atoms with Crippen LogP contribution in [0.2, 0.25) is 0 Å². The predicted molar refractivity (Wildman–Crippen MR) is 56.0 cm³/mol. The molecular formula is C12H14F2O2. The van der Waals surface area contributed by atoms with Gasteiger partial charge in [-0.25, -0.2) is 8.78 Å². The van der Waals surface area contributed by atoms with Gasteiger partial charge in [0.2, 0.25) is 0 Å². The first-order chi connectivity index (χ1) is 7.61. The molecule has 0 saturated heterocycles. The molecule has 0 bridgehead atoms. The summed E-state index contributed by atoms with van der Waals surface area (Å²) >= 11 is 0. The third-order valence-electron chi connectivity index (χ3n) is 2.33. The minimum atomic E-state index is -0.874. The number of benzene rings is 1. The zero-order valence-corrected chi connectivity index (χ0v) is 9.30. The Morgan fingerprint density at radius 1 is 1.31 bits per heavy atom. The van der Waals surface area contributed by atoms with Gasteiger partial charge >= 0.3 is 5.97 Å². The number of esters is 1. The van der Waals surface area contributed by atoms with Crippen LogP contribution in [-0.4, -0.2) is 12.6 Å². The smallest absolute Gasteiger partial charge is 0.313 e. The zero-order chi connectivity index (χ0) is 12.1. The lowest BCUT2D eigenvalue weighted by atomic mass is 9.95. The molecule has 0 aliphatic carbocycles. The van der Waals surface area contributed by atoms with E-state index in [1.54, 1.807) is 13.8 Å². The number of carbonyl (C=O) groups is 1. The molecule has 0 aliphatic rings. The van der Waals surface area contributed by atoms with Crippen LogP contribution >= 0.6 is 0 Å². The SMILES string of the molecule is CCOC(=O)C(CC)c1c(F)cccc1F. The second-order valence-corrected chi connectivity index (χ2v) is 3.35. The van der Waals surface area contributed by atoms with Gasteiger partial charge in [-0.05, 0) is 25.5 Å². The van der Waals surface area contributed by atoms with E-state index in [-0.39, 0.29) is 12.2 Å². The van der Waals surface area contributed by atoms with Gasteiger partial charge in [0.1, 0.15) is 11.6 Å². The maximum absolute atomic E-state index is 13.4. The van der Waals surface area contributed by atoms with Crippen LogP contribution in [0.15, 0.2) is 18.2 Å². The predicted octanol–water partition coefficient (Wildman–Crippen LogP) is 3.02. The normalized spacial score (nSPS) is 12.2. The third-order valence-corrected chi connectivity index (χ3v) is 2.33. The molecular weight excluding hydrogens is 214 g/mol. The highest BCUT2D eigenvalue weighted by Crippen LogP contribution is 2.26. The summed E-state index contributed by atoms with van der Waals surface area (Å²) in [5.74, 6) is -2.88. The summed E-state index contributed by atoms with van der Waals surface area (Å²) in [5, 5.41) is 0. The second-order valence-electron chi connectivity index (χ2n) is 3.35. The molecule has 0 aliphatic heterocycles. The molecule has 1 aromatic rings. The van der Waals surface area contributed by atoms with Crippen molar-refractivity contribution in [3.8, 4) is 0 Å². The molecule has 0 radical (unpaired) electrons. The molecule has 0 spiro atoms. The largest absolute Gasteiger partial charge is 0.466 e. The van der Waals surface area contributed by atoms with Crippen molar-refractivity contribution >= 4 is 5.97 Å². The maximum atomic E-state index is 13.4. The molecule has 0 aromatic heterocycles. The van der Waals surface area contributed by atoms with E-state index in [9.17, 15) is 13.6 Å². The van der Waals surface area contributed by atoms with Crippen molar-refractivity contribution in [2.75, 3.05) is 6.61 Å². The van der Waals surface area contributed by atoms with E-state index in [2.05, 4.69) is 0 Å². The highest BCUT2D eigenvalue weighted by atomic mass is 19.1. The van der Waals surface area contributed by atoms with Gasteiger partial charge in [0.15, 0.2) is 0 Å². The van der Waals surface area contributed by atoms with Gasteiger partial charge in [-0.2, -0.15) is 0 Å². The fraction of sp³-hybridized carbons (Fsp3) is 0.417. The summed E-state index contributed by atoms with van der Waals surface area (Å²) in [6, 6.07) is 3.55. The summed E-state index contributed by atoms with van der Waals surface area (Å²) in [6.45, 7) is 3.54. The number of halogens is 2. The number of rotatable bonds is 4. The van der Waals surface area contributed by atoms with E-state index >= 15 is 0 Å². The van der Waals surface area contributed by atoms with E-state index in [1.807, 2.05) is 0 Å². The lowest BCUT2D eigenvalue weighted by molar-refractivity contribution is -0.145. The van der Waals surface area contributed by atoms with E-state index < -0.39 is 23.5 Å². The fourth-order valence-corrected chi connectivity index (χ4v) is 1.58. The van der Waals surface area contributed by atoms with Gasteiger partial charge < -0.3 is 4.74 Å². The first kappa shape index (κ1) is 12.6. The van der Waals surface area contributed by atoms with Crippen molar-refractivity contribution in [3.05, 3.63) is 35.4 Å². The number of ether oxygens (including phenoxy) is 1. The van der Waals surface area contributed by atoms with E-state index in [0.717, 1.165) is 12.1 Å². The molecule has 88 valence electrons. The Labute approximate surface area is 93.2 Å². The maximum Gasteiger partial charge on any atom is 0.313 e. The van der Waals surface area contributed by atoms with Crippen molar-refractivity contribution in [1.29, 1.82) is 0 Å². The summed E-state index contributed by atoms with van der Waals surface area (Å²) in [5.41, 5.74) is -0.205. The quantitative estimate of drug-likeness (QED) is 0.740. The van der Waals surface area contributed by atoms with E-state index in [0.29, 0.717) is 6.42 Å². The Morgan fingerprint density at radius 2 is 1.88 bits per heavy atom. The molecule has 1 aromatic carbocycles. The topological polar surface area (TPSA) is 26.3 Å². The van der Waals surface area contributed by atoms with Crippen molar-refractivity contribution in [2.24, 2.45) is 0 Å². The van der Waals surface area contributed by atoms with Crippen LogP contribution in [0.3, 0.4) is 0 Å². The molecule has 0 fully saturated rings. The third kappa shape index (κ3) is 2.56. The molecule has 4 heteroatoms. The van der Waals surface area contributed by atoms with Crippen molar-refractivity contribution in [2.45, 2.75) is 26.2 Å². The van der Waals surface area contributed by atoms with Crippen LogP contribution in [-0.2, 0) is 9.53 Å². The number of hydrogen-bond donors (Lipinski definition) is 0. The molecule has 0 saturated carbocycles. The van der Waals surface area contributed by atoms with Gasteiger partial charge in [-0.3, -0.25) is 4.79 Å². The molecule has 2 nitrogen and oxygen atoms in total. The van der Waals surface area contributed by atoms with Crippen molar-refractivity contribution in [3.63, 3.8) is 0 Å². The minimum absolute atomic E-state index is 0.200. The average molecular weight is 228 g/mol. The van der Waals surface area contributed by atoms with Crippen molar-refractivity contribution in [1.82, 2.24) is 0 Å². The van der Waals surface area contributed by atoms with Gasteiger partial charge in [0, 0.05) is 5.56 Å². The highest BCUT2D eigenvalue weighted by molar-refractivity contribution is 5.78. The molecule has 1 rings (SSSR count). The Hall–Kier alpha value is -1.45. The lowest BCUT2D eigenvalue weighted by Gasteiger charge is -2.15. The number of carbonyl (C=O) groups excluding carboxylic acids is 1. The first-order valence-electron chi connectivity index (χ1n) is 5.22. The van der Waals surface area contributed by atoms with Gasteiger partial charge in [-0.15, -0.1) is 0 Å². The van der Waals surface area contributed by atoms with Gasteiger partial charge in [0.25, 0.3) is 0 Å². The van der Waals surface area contributed by atoms with Gasteiger partial charge in [-0.1, -0.05) is 13.0 Å². The molecule has 1 atom stereocenters. The molecule has 1 unspecified atom stereocenters. The van der Waals surface area contributed by atoms with Crippen LogP contribution in [0.1, 0.15) is 31.7 Å². The van der Waals surface area contributed by atoms with Crippen LogP contribution < -0.4 is 0 Å². The highest BCUT2D eigenvalue weighted by Gasteiger charge is 2.26. The Bertz CT molecular complexity index is 357. The van der Waals surface area contributed by atoms with Crippen LogP contribution in [0.5, 0.6) is 0 Å². The first-order valence-corrected chi connectivity index (χ1v) is 5.22. The van der Waals surface area contributed by atoms with Crippen LogP contribution in [0.4, 0.5) is 8.78 Å². The summed E-state index contributed by atoms with van der Waals surface area (Å²) in [4.78, 5) is 11.5. The van der Waals surface area contributed by atoms with Crippen molar-refractivity contribution < 1.29 is 18.3 Å². The Balaban J connectivity index is 3.08. The minimum Gasteiger partial charge on any atom is -0.466 e. The fourth-order valence-electron chi connectivity index (χ4n) is 1.58. The zero-order valence-electron chi connectivity index (χ0n) is 9.30. The summed E-state index contributed by atoms with van der Waals surface area (Å²) in [6.07, 6.45) is 0.302. The van der Waals surface area contributed by atoms with Crippen LogP contribution in [0.25, 0.3) is 0 Å². The average Bonchev–Trinajstić information content (AvgIpc) is 2.24. The molecule has 0 heterocycles. The monoisotopic (exact) mass is 228 g/mol. The van der Waals surface area contributed by atoms with Crippen LogP contribution in [0, 0.1) is 11.6 Å².